The van der Waals surface area contributed by atoms with Crippen molar-refractivity contribution in [1.29, 1.82) is 0 Å². The molecule has 1 N–H and O–H groups in total. The molecule has 0 aromatic heterocycles. The highest BCUT2D eigenvalue weighted by molar-refractivity contribution is 6.32. The number of anilines is 1. The van der Waals surface area contributed by atoms with Gasteiger partial charge in [-0.05, 0) is 38.5 Å². The summed E-state index contributed by atoms with van der Waals surface area (Å²) in [7, 11) is 1.51. The minimum absolute atomic E-state index is 0.101. The first-order valence-corrected chi connectivity index (χ1v) is 10.1. The molecule has 7 heteroatoms. The van der Waals surface area contributed by atoms with Gasteiger partial charge in [-0.1, -0.05) is 18.5 Å². The molecule has 0 spiro atoms. The van der Waals surface area contributed by atoms with Gasteiger partial charge in [-0.25, -0.2) is 0 Å². The molecule has 0 aliphatic carbocycles. The van der Waals surface area contributed by atoms with Gasteiger partial charge in [0.1, 0.15) is 17.6 Å². The number of halogens is 1. The average Bonchev–Trinajstić information content (AvgIpc) is 3.05. The number of benzene rings is 2. The topological polar surface area (TPSA) is 66.0 Å². The van der Waals surface area contributed by atoms with Crippen LogP contribution < -0.4 is 24.3 Å². The molecule has 0 fully saturated rings. The van der Waals surface area contributed by atoms with E-state index in [0.717, 1.165) is 24.2 Å². The highest BCUT2D eigenvalue weighted by atomic mass is 35.5. The molecule has 2 aromatic carbocycles. The molecule has 1 aliphatic rings. The molecule has 0 unspecified atom stereocenters. The summed E-state index contributed by atoms with van der Waals surface area (Å²) in [6, 6.07) is 6.90. The van der Waals surface area contributed by atoms with E-state index in [4.69, 9.17) is 30.5 Å². The van der Waals surface area contributed by atoms with E-state index in [2.05, 4.69) is 5.32 Å². The summed E-state index contributed by atoms with van der Waals surface area (Å²) in [5.74, 6) is 1.88. The second kappa shape index (κ2) is 9.27. The van der Waals surface area contributed by atoms with E-state index >= 15 is 0 Å². The molecule has 1 atom stereocenters. The summed E-state index contributed by atoms with van der Waals surface area (Å²) < 4.78 is 22.5. The van der Waals surface area contributed by atoms with Gasteiger partial charge < -0.3 is 24.3 Å². The largest absolute Gasteiger partial charge is 0.493 e. The van der Waals surface area contributed by atoms with Crippen molar-refractivity contribution in [2.24, 2.45) is 0 Å². The van der Waals surface area contributed by atoms with E-state index in [9.17, 15) is 4.79 Å². The lowest BCUT2D eigenvalue weighted by molar-refractivity contribution is 0.102. The second-order valence-corrected chi connectivity index (χ2v) is 7.22. The number of ether oxygens (including phenoxy) is 4. The number of carbonyl (C=O) groups is 1. The maximum atomic E-state index is 12.9. The fourth-order valence-corrected chi connectivity index (χ4v) is 3.47. The monoisotopic (exact) mass is 419 g/mol. The molecule has 6 nitrogen and oxygen atoms in total. The maximum absolute atomic E-state index is 12.9. The van der Waals surface area contributed by atoms with Crippen molar-refractivity contribution in [2.75, 3.05) is 25.6 Å². The Bertz CT molecular complexity index is 899. The van der Waals surface area contributed by atoms with Crippen LogP contribution in [0.5, 0.6) is 23.0 Å². The molecular weight excluding hydrogens is 394 g/mol. The van der Waals surface area contributed by atoms with Crippen LogP contribution in [0.3, 0.4) is 0 Å². The Hall–Kier alpha value is -2.60. The molecule has 0 saturated carbocycles. The van der Waals surface area contributed by atoms with Crippen LogP contribution in [0.1, 0.15) is 43.1 Å². The lowest BCUT2D eigenvalue weighted by Crippen LogP contribution is -2.14. The predicted molar refractivity (Wildman–Crippen MR) is 113 cm³/mol. The predicted octanol–water partition coefficient (Wildman–Crippen LogP) is 5.11. The number of hydrogen-bond donors (Lipinski definition) is 1. The highest BCUT2D eigenvalue weighted by Crippen LogP contribution is 2.39. The Kier molecular flexibility index (Phi) is 6.75. The van der Waals surface area contributed by atoms with E-state index in [-0.39, 0.29) is 12.0 Å². The Morgan fingerprint density at radius 3 is 2.69 bits per heavy atom. The first kappa shape index (κ1) is 21.1. The summed E-state index contributed by atoms with van der Waals surface area (Å²) in [5, 5.41) is 3.22. The van der Waals surface area contributed by atoms with E-state index in [0.29, 0.717) is 46.7 Å². The van der Waals surface area contributed by atoms with Crippen molar-refractivity contribution < 1.29 is 23.7 Å². The third-order valence-electron chi connectivity index (χ3n) is 4.49. The molecule has 0 bridgehead atoms. The Morgan fingerprint density at radius 2 is 2.00 bits per heavy atom. The first-order chi connectivity index (χ1) is 14.0. The number of amides is 1. The second-order valence-electron chi connectivity index (χ2n) is 6.81. The van der Waals surface area contributed by atoms with Gasteiger partial charge in [-0.15, -0.1) is 0 Å². The van der Waals surface area contributed by atoms with Gasteiger partial charge in [0.2, 0.25) is 0 Å². The van der Waals surface area contributed by atoms with Gasteiger partial charge in [0, 0.05) is 23.6 Å². The summed E-state index contributed by atoms with van der Waals surface area (Å²) in [6.07, 6.45) is 1.75. The SMILES string of the molecule is CCCOc1c(Cl)cc(C(=O)Nc2cc3c(cc2OCC)C[C@H](C)O3)cc1OC. The van der Waals surface area contributed by atoms with Crippen molar-refractivity contribution in [2.45, 2.75) is 39.7 Å². The van der Waals surface area contributed by atoms with Crippen molar-refractivity contribution >= 4 is 23.2 Å². The molecular formula is C22H26ClNO5. The fraction of sp³-hybridized carbons (Fsp3) is 0.409. The Morgan fingerprint density at radius 1 is 1.21 bits per heavy atom. The van der Waals surface area contributed by atoms with Gasteiger partial charge in [0.05, 0.1) is 31.0 Å². The van der Waals surface area contributed by atoms with Gasteiger partial charge in [0.25, 0.3) is 5.91 Å². The van der Waals surface area contributed by atoms with Crippen LogP contribution in [0.2, 0.25) is 5.02 Å². The van der Waals surface area contributed by atoms with E-state index in [1.54, 1.807) is 18.2 Å². The van der Waals surface area contributed by atoms with E-state index < -0.39 is 0 Å². The van der Waals surface area contributed by atoms with Gasteiger partial charge in [-0.2, -0.15) is 0 Å². The van der Waals surface area contributed by atoms with Crippen LogP contribution in [0.25, 0.3) is 0 Å². The lowest BCUT2D eigenvalue weighted by atomic mass is 10.1. The van der Waals surface area contributed by atoms with Crippen LogP contribution in [0.15, 0.2) is 24.3 Å². The molecule has 3 rings (SSSR count). The minimum atomic E-state index is -0.334. The normalized spacial score (nSPS) is 14.7. The van der Waals surface area contributed by atoms with Crippen molar-refractivity contribution in [1.82, 2.24) is 0 Å². The third-order valence-corrected chi connectivity index (χ3v) is 4.77. The van der Waals surface area contributed by atoms with Crippen LogP contribution in [0, 0.1) is 0 Å². The van der Waals surface area contributed by atoms with Crippen LogP contribution in [0.4, 0.5) is 5.69 Å². The maximum Gasteiger partial charge on any atom is 0.255 e. The quantitative estimate of drug-likeness (QED) is 0.643. The number of nitrogens with one attached hydrogen (secondary N) is 1. The smallest absolute Gasteiger partial charge is 0.255 e. The lowest BCUT2D eigenvalue weighted by Gasteiger charge is -2.16. The zero-order valence-electron chi connectivity index (χ0n) is 17.1. The molecule has 156 valence electrons. The van der Waals surface area contributed by atoms with E-state index in [1.807, 2.05) is 26.8 Å². The highest BCUT2D eigenvalue weighted by Gasteiger charge is 2.23. The number of rotatable bonds is 8. The van der Waals surface area contributed by atoms with E-state index in [1.165, 1.54) is 7.11 Å². The average molecular weight is 420 g/mol. The van der Waals surface area contributed by atoms with Crippen molar-refractivity contribution in [3.8, 4) is 23.0 Å². The molecule has 1 heterocycles. The van der Waals surface area contributed by atoms with Gasteiger partial charge >= 0.3 is 0 Å². The van der Waals surface area contributed by atoms with Crippen LogP contribution >= 0.6 is 11.6 Å². The molecule has 2 aromatic rings. The standard InChI is InChI=1S/C22H26ClNO5/c1-5-7-28-21-16(23)9-15(11-20(21)26-4)22(25)24-17-12-18-14(8-13(3)29-18)10-19(17)27-6-2/h9-13H,5-8H2,1-4H3,(H,24,25)/t13-/m0/s1. The molecule has 0 saturated heterocycles. The summed E-state index contributed by atoms with van der Waals surface area (Å²) in [4.78, 5) is 12.9. The number of fused-ring (bicyclic) bond motifs is 1. The van der Waals surface area contributed by atoms with Crippen LogP contribution in [-0.2, 0) is 6.42 Å². The summed E-state index contributed by atoms with van der Waals surface area (Å²) in [5.41, 5.74) is 1.97. The van der Waals surface area contributed by atoms with Gasteiger partial charge in [-0.3, -0.25) is 4.79 Å². The third kappa shape index (κ3) is 4.70. The van der Waals surface area contributed by atoms with Crippen LogP contribution in [-0.4, -0.2) is 32.3 Å². The molecule has 1 aliphatic heterocycles. The van der Waals surface area contributed by atoms with Crippen molar-refractivity contribution in [3.05, 3.63) is 40.4 Å². The summed E-state index contributed by atoms with van der Waals surface area (Å²) >= 11 is 6.34. The molecule has 1 amide bonds. The van der Waals surface area contributed by atoms with Gasteiger partial charge in [0.15, 0.2) is 11.5 Å². The zero-order valence-corrected chi connectivity index (χ0v) is 17.9. The number of carbonyl (C=O) groups excluding carboxylic acids is 1. The molecule has 0 radical (unpaired) electrons. The zero-order chi connectivity index (χ0) is 21.0. The first-order valence-electron chi connectivity index (χ1n) is 9.74. The minimum Gasteiger partial charge on any atom is -0.493 e. The number of hydrogen-bond acceptors (Lipinski definition) is 5. The Labute approximate surface area is 176 Å². The summed E-state index contributed by atoms with van der Waals surface area (Å²) in [6.45, 7) is 6.90. The van der Waals surface area contributed by atoms with Crippen molar-refractivity contribution in [3.63, 3.8) is 0 Å². The number of methoxy groups -OCH3 is 1. The Balaban J connectivity index is 1.88. The molecule has 29 heavy (non-hydrogen) atoms. The fourth-order valence-electron chi connectivity index (χ4n) is 3.20.